The summed E-state index contributed by atoms with van der Waals surface area (Å²) in [6.45, 7) is 0.327. The van der Waals surface area contributed by atoms with Crippen LogP contribution in [0.2, 0.25) is 0 Å². The van der Waals surface area contributed by atoms with Crippen LogP contribution in [-0.2, 0) is 12.6 Å². The number of amides is 1. The van der Waals surface area contributed by atoms with Crippen molar-refractivity contribution in [3.05, 3.63) is 77.8 Å². The number of hydrogen-bond donors (Lipinski definition) is 1. The minimum atomic E-state index is -4.68. The van der Waals surface area contributed by atoms with E-state index >= 15 is 0 Å². The maximum absolute atomic E-state index is 13.5. The van der Waals surface area contributed by atoms with Gasteiger partial charge in [0.15, 0.2) is 22.8 Å². The van der Waals surface area contributed by atoms with Crippen LogP contribution in [-0.4, -0.2) is 27.0 Å². The van der Waals surface area contributed by atoms with Crippen LogP contribution in [0.1, 0.15) is 21.7 Å². The van der Waals surface area contributed by atoms with Crippen molar-refractivity contribution in [2.45, 2.75) is 12.6 Å². The molecule has 0 spiro atoms. The lowest BCUT2D eigenvalue weighted by molar-refractivity contribution is -0.142. The molecule has 29 heavy (non-hydrogen) atoms. The molecule has 0 bridgehead atoms. The quantitative estimate of drug-likeness (QED) is 0.550. The summed E-state index contributed by atoms with van der Waals surface area (Å²) in [5.74, 6) is -0.382. The fraction of sp³-hybridized carbons (Fsp3) is 0.150. The van der Waals surface area contributed by atoms with E-state index in [4.69, 9.17) is 4.42 Å². The predicted molar refractivity (Wildman–Crippen MR) is 98.2 cm³/mol. The molecule has 0 aliphatic rings. The molecule has 0 saturated carbocycles. The molecule has 6 nitrogen and oxygen atoms in total. The Hall–Kier alpha value is -3.62. The first-order valence-corrected chi connectivity index (χ1v) is 8.76. The molecule has 4 aromatic rings. The van der Waals surface area contributed by atoms with Crippen molar-refractivity contribution in [2.24, 2.45) is 0 Å². The average Bonchev–Trinajstić information content (AvgIpc) is 3.37. The van der Waals surface area contributed by atoms with Crippen LogP contribution < -0.4 is 5.32 Å². The number of rotatable bonds is 5. The molecule has 0 fully saturated rings. The van der Waals surface area contributed by atoms with Crippen LogP contribution >= 0.6 is 0 Å². The Morgan fingerprint density at radius 3 is 2.59 bits per heavy atom. The molecule has 148 valence electrons. The number of carbonyl (C=O) groups is 1. The number of nitrogens with one attached hydrogen (secondary N) is 1. The van der Waals surface area contributed by atoms with Gasteiger partial charge in [-0.1, -0.05) is 30.3 Å². The van der Waals surface area contributed by atoms with E-state index in [9.17, 15) is 18.0 Å². The summed E-state index contributed by atoms with van der Waals surface area (Å²) in [4.78, 5) is 16.5. The number of hydrogen-bond acceptors (Lipinski definition) is 4. The molecular weight excluding hydrogens is 385 g/mol. The smallest absolute Gasteiger partial charge is 0.433 e. The molecule has 4 rings (SSSR count). The van der Waals surface area contributed by atoms with Crippen LogP contribution in [0.4, 0.5) is 13.2 Å². The van der Waals surface area contributed by atoms with E-state index in [2.05, 4.69) is 15.4 Å². The summed E-state index contributed by atoms with van der Waals surface area (Å²) in [5, 5.41) is 6.49. The Bertz CT molecular complexity index is 1140. The highest BCUT2D eigenvalue weighted by Gasteiger charge is 2.36. The van der Waals surface area contributed by atoms with Gasteiger partial charge in [0.1, 0.15) is 5.69 Å². The van der Waals surface area contributed by atoms with Gasteiger partial charge >= 0.3 is 6.18 Å². The van der Waals surface area contributed by atoms with E-state index in [0.29, 0.717) is 17.5 Å². The molecule has 3 aromatic heterocycles. The normalized spacial score (nSPS) is 11.7. The summed E-state index contributed by atoms with van der Waals surface area (Å²) in [6, 6.07) is 14.6. The number of fused-ring (bicyclic) bond motifs is 1. The van der Waals surface area contributed by atoms with Gasteiger partial charge in [0.2, 0.25) is 0 Å². The van der Waals surface area contributed by atoms with Crippen LogP contribution in [0.15, 0.2) is 65.3 Å². The summed E-state index contributed by atoms with van der Waals surface area (Å²) in [7, 11) is 0. The zero-order valence-electron chi connectivity index (χ0n) is 15.0. The van der Waals surface area contributed by atoms with Gasteiger partial charge in [-0.3, -0.25) is 4.79 Å². The molecule has 0 atom stereocenters. The van der Waals surface area contributed by atoms with Gasteiger partial charge in [0.25, 0.3) is 5.91 Å². The second-order valence-electron chi connectivity index (χ2n) is 6.29. The van der Waals surface area contributed by atoms with Crippen molar-refractivity contribution in [1.29, 1.82) is 0 Å². The lowest BCUT2D eigenvalue weighted by Crippen LogP contribution is -2.26. The minimum absolute atomic E-state index is 0.00533. The van der Waals surface area contributed by atoms with E-state index in [-0.39, 0.29) is 22.8 Å². The molecule has 0 saturated heterocycles. The van der Waals surface area contributed by atoms with Crippen molar-refractivity contribution in [2.75, 3.05) is 6.54 Å². The number of nitrogens with zero attached hydrogens (tertiary/aromatic N) is 3. The third-order valence-corrected chi connectivity index (χ3v) is 4.27. The number of furan rings is 1. The zero-order valence-corrected chi connectivity index (χ0v) is 15.0. The van der Waals surface area contributed by atoms with E-state index in [1.54, 1.807) is 6.07 Å². The zero-order chi connectivity index (χ0) is 20.4. The third-order valence-electron chi connectivity index (χ3n) is 4.27. The van der Waals surface area contributed by atoms with Gasteiger partial charge in [0.05, 0.1) is 6.26 Å². The first-order chi connectivity index (χ1) is 13.9. The van der Waals surface area contributed by atoms with Gasteiger partial charge in [0, 0.05) is 12.6 Å². The Labute approximate surface area is 163 Å². The monoisotopic (exact) mass is 400 g/mol. The fourth-order valence-electron chi connectivity index (χ4n) is 2.89. The summed E-state index contributed by atoms with van der Waals surface area (Å²) in [6.07, 6.45) is -2.75. The topological polar surface area (TPSA) is 72.4 Å². The van der Waals surface area contributed by atoms with Crippen molar-refractivity contribution in [1.82, 2.24) is 19.9 Å². The molecule has 3 heterocycles. The molecular formula is C20H15F3N4O2. The maximum Gasteiger partial charge on any atom is 0.433 e. The highest BCUT2D eigenvalue weighted by molar-refractivity contribution is 5.93. The average molecular weight is 400 g/mol. The lowest BCUT2D eigenvalue weighted by atomic mass is 10.1. The SMILES string of the molecule is O=C(NCCc1ccccc1)c1cc2nc(-c3ccco3)cc(C(F)(F)F)n2n1. The summed E-state index contributed by atoms with van der Waals surface area (Å²) in [5.41, 5.74) is -0.248. The third kappa shape index (κ3) is 3.98. The molecule has 1 aromatic carbocycles. The Balaban J connectivity index is 1.61. The number of benzene rings is 1. The first-order valence-electron chi connectivity index (χ1n) is 8.76. The van der Waals surface area contributed by atoms with Crippen LogP contribution in [0.5, 0.6) is 0 Å². The number of carbonyl (C=O) groups excluding carboxylic acids is 1. The van der Waals surface area contributed by atoms with Crippen molar-refractivity contribution < 1.29 is 22.4 Å². The van der Waals surface area contributed by atoms with E-state index in [0.717, 1.165) is 11.6 Å². The second-order valence-corrected chi connectivity index (χ2v) is 6.29. The highest BCUT2D eigenvalue weighted by atomic mass is 19.4. The minimum Gasteiger partial charge on any atom is -0.463 e. The van der Waals surface area contributed by atoms with E-state index in [1.165, 1.54) is 18.4 Å². The lowest BCUT2D eigenvalue weighted by Gasteiger charge is -2.09. The fourth-order valence-corrected chi connectivity index (χ4v) is 2.89. The van der Waals surface area contributed by atoms with Gasteiger partial charge in [-0.15, -0.1) is 0 Å². The molecule has 0 radical (unpaired) electrons. The maximum atomic E-state index is 13.5. The number of aromatic nitrogens is 3. The number of alkyl halides is 3. The molecule has 0 aliphatic carbocycles. The second kappa shape index (κ2) is 7.42. The summed E-state index contributed by atoms with van der Waals surface area (Å²) >= 11 is 0. The van der Waals surface area contributed by atoms with Crippen LogP contribution in [0.25, 0.3) is 17.1 Å². The van der Waals surface area contributed by atoms with Crippen LogP contribution in [0, 0.1) is 0 Å². The van der Waals surface area contributed by atoms with Crippen molar-refractivity contribution >= 4 is 11.6 Å². The standard InChI is InChI=1S/C20H15F3N4O2/c21-20(22,23)17-11-14(16-7-4-10-29-16)25-18-12-15(26-27(17)18)19(28)24-9-8-13-5-2-1-3-6-13/h1-7,10-12H,8-9H2,(H,24,28). The number of halogens is 3. The molecule has 1 amide bonds. The molecule has 0 unspecified atom stereocenters. The molecule has 9 heteroatoms. The predicted octanol–water partition coefficient (Wildman–Crippen LogP) is 3.98. The first kappa shape index (κ1) is 18.7. The van der Waals surface area contributed by atoms with Crippen molar-refractivity contribution in [3.8, 4) is 11.5 Å². The highest BCUT2D eigenvalue weighted by Crippen LogP contribution is 2.32. The van der Waals surface area contributed by atoms with Gasteiger partial charge in [-0.25, -0.2) is 9.50 Å². The van der Waals surface area contributed by atoms with Gasteiger partial charge in [-0.05, 0) is 30.2 Å². The summed E-state index contributed by atoms with van der Waals surface area (Å²) < 4.78 is 46.3. The largest absolute Gasteiger partial charge is 0.463 e. The Morgan fingerprint density at radius 1 is 1.10 bits per heavy atom. The molecule has 1 N–H and O–H groups in total. The Morgan fingerprint density at radius 2 is 1.90 bits per heavy atom. The van der Waals surface area contributed by atoms with Gasteiger partial charge < -0.3 is 9.73 Å². The van der Waals surface area contributed by atoms with Crippen molar-refractivity contribution in [3.63, 3.8) is 0 Å². The van der Waals surface area contributed by atoms with Gasteiger partial charge in [-0.2, -0.15) is 18.3 Å². The van der Waals surface area contributed by atoms with E-state index < -0.39 is 17.8 Å². The van der Waals surface area contributed by atoms with E-state index in [1.807, 2.05) is 30.3 Å². The Kier molecular flexibility index (Phi) is 4.79. The molecule has 0 aliphatic heterocycles. The van der Waals surface area contributed by atoms with Crippen LogP contribution in [0.3, 0.4) is 0 Å².